The normalized spacial score (nSPS) is 19.9. The van der Waals surface area contributed by atoms with Gasteiger partial charge in [0.25, 0.3) is 5.91 Å². The van der Waals surface area contributed by atoms with Crippen LogP contribution in [0.4, 0.5) is 10.6 Å². The molecule has 1 saturated heterocycles. The van der Waals surface area contributed by atoms with Crippen molar-refractivity contribution in [2.75, 3.05) is 11.9 Å². The Balaban J connectivity index is 1.33. The molecule has 0 radical (unpaired) electrons. The minimum absolute atomic E-state index is 0.371. The standard InChI is InChI=1S/C29H33N5O3/c1-3-9-20-14-16-22(17-15-20)29(2)27(36)33(28(37)31-29)19-26(35)30-25-18-24(21-10-7-8-11-21)32-34(25)23-12-5-4-6-13-23/h4-6,12-18,21H,3,7-11,19H2,1-2H3,(H,30,35)(H,31,37). The van der Waals surface area contributed by atoms with E-state index >= 15 is 0 Å². The lowest BCUT2D eigenvalue weighted by Crippen LogP contribution is -2.42. The summed E-state index contributed by atoms with van der Waals surface area (Å²) in [4.78, 5) is 40.2. The van der Waals surface area contributed by atoms with Gasteiger partial charge < -0.3 is 10.6 Å². The van der Waals surface area contributed by atoms with E-state index in [1.165, 1.54) is 18.4 Å². The van der Waals surface area contributed by atoms with E-state index in [1.807, 2.05) is 60.7 Å². The first-order valence-corrected chi connectivity index (χ1v) is 13.1. The quantitative estimate of drug-likeness (QED) is 0.432. The van der Waals surface area contributed by atoms with E-state index in [1.54, 1.807) is 11.6 Å². The molecule has 2 heterocycles. The Morgan fingerprint density at radius 3 is 2.46 bits per heavy atom. The predicted octanol–water partition coefficient (Wildman–Crippen LogP) is 4.89. The lowest BCUT2D eigenvalue weighted by atomic mass is 9.91. The fraction of sp³-hybridized carbons (Fsp3) is 0.379. The molecular formula is C29H33N5O3. The second-order valence-corrected chi connectivity index (χ2v) is 10.1. The molecule has 3 aromatic rings. The number of carbonyl (C=O) groups excluding carboxylic acids is 3. The number of nitrogens with one attached hydrogen (secondary N) is 2. The minimum atomic E-state index is -1.22. The zero-order valence-electron chi connectivity index (χ0n) is 21.4. The molecule has 0 bridgehead atoms. The third-order valence-corrected chi connectivity index (χ3v) is 7.42. The van der Waals surface area contributed by atoms with Gasteiger partial charge in [0, 0.05) is 12.0 Å². The van der Waals surface area contributed by atoms with Crippen LogP contribution < -0.4 is 10.6 Å². The Hall–Kier alpha value is -3.94. The highest BCUT2D eigenvalue weighted by atomic mass is 16.2. The third kappa shape index (κ3) is 4.88. The summed E-state index contributed by atoms with van der Waals surface area (Å²) < 4.78 is 1.72. The average Bonchev–Trinajstić information content (AvgIpc) is 3.62. The van der Waals surface area contributed by atoms with Gasteiger partial charge in [0.15, 0.2) is 0 Å². The highest BCUT2D eigenvalue weighted by Crippen LogP contribution is 2.35. The van der Waals surface area contributed by atoms with Crippen molar-refractivity contribution >= 4 is 23.7 Å². The van der Waals surface area contributed by atoms with E-state index in [0.717, 1.165) is 42.0 Å². The van der Waals surface area contributed by atoms with Crippen LogP contribution in [0, 0.1) is 0 Å². The molecular weight excluding hydrogens is 466 g/mol. The first-order valence-electron chi connectivity index (χ1n) is 13.1. The van der Waals surface area contributed by atoms with Crippen LogP contribution in [0.5, 0.6) is 0 Å². The van der Waals surface area contributed by atoms with Crippen LogP contribution in [0.25, 0.3) is 5.69 Å². The summed E-state index contributed by atoms with van der Waals surface area (Å²) in [6, 6.07) is 18.6. The maximum atomic E-state index is 13.3. The number of amides is 4. The van der Waals surface area contributed by atoms with Gasteiger partial charge in [-0.25, -0.2) is 9.48 Å². The van der Waals surface area contributed by atoms with Crippen LogP contribution in [-0.2, 0) is 21.5 Å². The number of rotatable bonds is 8. The van der Waals surface area contributed by atoms with E-state index in [0.29, 0.717) is 17.3 Å². The monoisotopic (exact) mass is 499 g/mol. The Bertz CT molecular complexity index is 1290. The van der Waals surface area contributed by atoms with Crippen LogP contribution in [0.3, 0.4) is 0 Å². The third-order valence-electron chi connectivity index (χ3n) is 7.42. The predicted molar refractivity (Wildman–Crippen MR) is 141 cm³/mol. The number of para-hydroxylation sites is 1. The molecule has 1 saturated carbocycles. The summed E-state index contributed by atoms with van der Waals surface area (Å²) in [6.45, 7) is 3.41. The number of aromatic nitrogens is 2. The van der Waals surface area contributed by atoms with Crippen molar-refractivity contribution in [3.63, 3.8) is 0 Å². The van der Waals surface area contributed by atoms with Crippen molar-refractivity contribution < 1.29 is 14.4 Å². The average molecular weight is 500 g/mol. The van der Waals surface area contributed by atoms with Gasteiger partial charge >= 0.3 is 6.03 Å². The first-order chi connectivity index (χ1) is 17.9. The Labute approximate surface area is 217 Å². The molecule has 37 heavy (non-hydrogen) atoms. The molecule has 0 spiro atoms. The molecule has 192 valence electrons. The van der Waals surface area contributed by atoms with Gasteiger partial charge in [0.2, 0.25) is 5.91 Å². The molecule has 1 aliphatic heterocycles. The SMILES string of the molecule is CCCc1ccc(C2(C)NC(=O)N(CC(=O)Nc3cc(C4CCCC4)nn3-c3ccccc3)C2=O)cc1. The summed E-state index contributed by atoms with van der Waals surface area (Å²) in [7, 11) is 0. The van der Waals surface area contributed by atoms with Gasteiger partial charge in [0.05, 0.1) is 11.4 Å². The maximum Gasteiger partial charge on any atom is 0.325 e. The number of hydrogen-bond donors (Lipinski definition) is 2. The maximum absolute atomic E-state index is 13.3. The molecule has 8 heteroatoms. The van der Waals surface area contributed by atoms with Crippen molar-refractivity contribution in [3.05, 3.63) is 77.5 Å². The van der Waals surface area contributed by atoms with E-state index < -0.39 is 23.4 Å². The second-order valence-electron chi connectivity index (χ2n) is 10.1. The number of anilines is 1. The van der Waals surface area contributed by atoms with Crippen molar-refractivity contribution in [2.24, 2.45) is 0 Å². The number of imide groups is 1. The molecule has 2 aliphatic rings. The zero-order chi connectivity index (χ0) is 26.0. The molecule has 4 amide bonds. The Kier molecular flexibility index (Phi) is 6.82. The molecule has 2 N–H and O–H groups in total. The lowest BCUT2D eigenvalue weighted by Gasteiger charge is -2.22. The van der Waals surface area contributed by atoms with E-state index in [9.17, 15) is 14.4 Å². The minimum Gasteiger partial charge on any atom is -0.319 e. The lowest BCUT2D eigenvalue weighted by molar-refractivity contribution is -0.133. The number of carbonyl (C=O) groups is 3. The molecule has 1 atom stereocenters. The molecule has 1 aliphatic carbocycles. The fourth-order valence-corrected chi connectivity index (χ4v) is 5.33. The van der Waals surface area contributed by atoms with Crippen molar-refractivity contribution in [3.8, 4) is 5.69 Å². The molecule has 8 nitrogen and oxygen atoms in total. The molecule has 5 rings (SSSR count). The Morgan fingerprint density at radius 2 is 1.78 bits per heavy atom. The van der Waals surface area contributed by atoms with Gasteiger partial charge in [-0.2, -0.15) is 5.10 Å². The molecule has 1 unspecified atom stereocenters. The van der Waals surface area contributed by atoms with Gasteiger partial charge in [-0.3, -0.25) is 14.5 Å². The number of aryl methyl sites for hydroxylation is 1. The largest absolute Gasteiger partial charge is 0.325 e. The van der Waals surface area contributed by atoms with Gasteiger partial charge in [-0.15, -0.1) is 0 Å². The van der Waals surface area contributed by atoms with Crippen LogP contribution >= 0.6 is 0 Å². The van der Waals surface area contributed by atoms with E-state index in [4.69, 9.17) is 5.10 Å². The van der Waals surface area contributed by atoms with Gasteiger partial charge in [0.1, 0.15) is 17.9 Å². The number of hydrogen-bond acceptors (Lipinski definition) is 4. The van der Waals surface area contributed by atoms with E-state index in [-0.39, 0.29) is 6.54 Å². The summed E-state index contributed by atoms with van der Waals surface area (Å²) >= 11 is 0. The van der Waals surface area contributed by atoms with Gasteiger partial charge in [-0.05, 0) is 49.4 Å². The zero-order valence-corrected chi connectivity index (χ0v) is 21.4. The first kappa shape index (κ1) is 24.7. The summed E-state index contributed by atoms with van der Waals surface area (Å²) in [5, 5.41) is 10.5. The number of nitrogens with zero attached hydrogens (tertiary/aromatic N) is 3. The van der Waals surface area contributed by atoms with Crippen LogP contribution in [0.1, 0.15) is 68.7 Å². The van der Waals surface area contributed by atoms with Gasteiger partial charge in [-0.1, -0.05) is 68.7 Å². The summed E-state index contributed by atoms with van der Waals surface area (Å²) in [6.07, 6.45) is 6.50. The summed E-state index contributed by atoms with van der Waals surface area (Å²) in [5.41, 5.74) is 2.43. The topological polar surface area (TPSA) is 96.3 Å². The second kappa shape index (κ2) is 10.2. The summed E-state index contributed by atoms with van der Waals surface area (Å²) in [5.74, 6) is -0.00407. The smallest absolute Gasteiger partial charge is 0.319 e. The number of benzene rings is 2. The fourth-order valence-electron chi connectivity index (χ4n) is 5.33. The molecule has 2 aromatic carbocycles. The highest BCUT2D eigenvalue weighted by molar-refractivity contribution is 6.10. The van der Waals surface area contributed by atoms with Crippen LogP contribution in [0.2, 0.25) is 0 Å². The van der Waals surface area contributed by atoms with Crippen molar-refractivity contribution in [1.29, 1.82) is 0 Å². The molecule has 2 fully saturated rings. The van der Waals surface area contributed by atoms with E-state index in [2.05, 4.69) is 17.6 Å². The highest BCUT2D eigenvalue weighted by Gasteiger charge is 2.49. The molecule has 1 aromatic heterocycles. The van der Waals surface area contributed by atoms with Crippen molar-refractivity contribution in [1.82, 2.24) is 20.0 Å². The Morgan fingerprint density at radius 1 is 1.08 bits per heavy atom. The van der Waals surface area contributed by atoms with Crippen molar-refractivity contribution in [2.45, 2.75) is 63.8 Å². The van der Waals surface area contributed by atoms with Crippen LogP contribution in [-0.4, -0.2) is 39.1 Å². The van der Waals surface area contributed by atoms with Crippen LogP contribution in [0.15, 0.2) is 60.7 Å². The number of urea groups is 1.